The van der Waals surface area contributed by atoms with Gasteiger partial charge >= 0.3 is 0 Å². The SMILES string of the molecule is C=CC[C@@H](C)CCC(=O)Cc1cc2ccccc2cn1.CC.CC.[HH]. The number of carbonyl (C=O) groups is 1. The zero-order chi connectivity index (χ0) is 18.4. The second kappa shape index (κ2) is 13.5. The van der Waals surface area contributed by atoms with Gasteiger partial charge in [0.1, 0.15) is 5.78 Å². The number of ketones is 1. The third kappa shape index (κ3) is 8.05. The highest BCUT2D eigenvalue weighted by atomic mass is 16.1. The van der Waals surface area contributed by atoms with Gasteiger partial charge < -0.3 is 0 Å². The quantitative estimate of drug-likeness (QED) is 0.533. The van der Waals surface area contributed by atoms with Crippen molar-refractivity contribution in [2.45, 2.75) is 60.3 Å². The second-order valence-corrected chi connectivity index (χ2v) is 5.41. The lowest BCUT2D eigenvalue weighted by molar-refractivity contribution is -0.118. The number of pyridine rings is 1. The maximum atomic E-state index is 12.0. The largest absolute Gasteiger partial charge is 0.299 e. The van der Waals surface area contributed by atoms with E-state index in [1.165, 1.54) is 0 Å². The third-order valence-electron chi connectivity index (χ3n) is 3.55. The Kier molecular flexibility index (Phi) is 12.4. The number of aromatic nitrogens is 1. The number of Topliss-reactive ketones (excluding diaryl/α,β-unsaturated/α-hetero) is 1. The summed E-state index contributed by atoms with van der Waals surface area (Å²) >= 11 is 0. The fraction of sp³-hybridized carbons (Fsp3) is 0.455. The van der Waals surface area contributed by atoms with Crippen molar-refractivity contribution in [1.82, 2.24) is 4.98 Å². The van der Waals surface area contributed by atoms with Crippen molar-refractivity contribution in [2.75, 3.05) is 0 Å². The van der Waals surface area contributed by atoms with Crippen LogP contribution < -0.4 is 0 Å². The Bertz CT molecular complexity index is 610. The minimum atomic E-state index is 0. The molecule has 0 N–H and O–H groups in total. The maximum Gasteiger partial charge on any atom is 0.138 e. The summed E-state index contributed by atoms with van der Waals surface area (Å²) in [5, 5.41) is 2.26. The number of carbonyl (C=O) groups excluding carboxylic acids is 1. The molecule has 2 heteroatoms. The van der Waals surface area contributed by atoms with Crippen LogP contribution in [0, 0.1) is 5.92 Å². The van der Waals surface area contributed by atoms with E-state index in [-0.39, 0.29) is 7.21 Å². The topological polar surface area (TPSA) is 30.0 Å². The molecule has 0 saturated carbocycles. The molecule has 2 nitrogen and oxygen atoms in total. The Labute approximate surface area is 149 Å². The molecule has 1 aromatic heterocycles. The summed E-state index contributed by atoms with van der Waals surface area (Å²) in [6, 6.07) is 10.1. The molecule has 0 radical (unpaired) electrons. The lowest BCUT2D eigenvalue weighted by Gasteiger charge is -2.07. The Morgan fingerprint density at radius 3 is 2.46 bits per heavy atom. The molecule has 1 aromatic carbocycles. The molecule has 1 heterocycles. The molecule has 24 heavy (non-hydrogen) atoms. The molecule has 0 fully saturated rings. The summed E-state index contributed by atoms with van der Waals surface area (Å²) < 4.78 is 0. The Morgan fingerprint density at radius 1 is 1.21 bits per heavy atom. The van der Waals surface area contributed by atoms with Crippen molar-refractivity contribution in [2.24, 2.45) is 5.92 Å². The standard InChI is InChI=1S/C18H21NO.2C2H6.H2/c1-3-6-14(2)9-10-18(20)12-17-11-15-7-4-5-8-16(15)13-19-17;2*1-2;/h3-5,7-8,11,13-14H,1,6,9-10,12H2,2H3;2*1-2H3;1H/t14-;;;/m1.../s1. The number of hydrogen-bond acceptors (Lipinski definition) is 2. The van der Waals surface area contributed by atoms with E-state index < -0.39 is 0 Å². The van der Waals surface area contributed by atoms with Crippen LogP contribution in [-0.4, -0.2) is 10.8 Å². The number of rotatable bonds is 7. The van der Waals surface area contributed by atoms with Gasteiger partial charge in [0.25, 0.3) is 0 Å². The molecule has 0 bridgehead atoms. The smallest absolute Gasteiger partial charge is 0.138 e. The molecular formula is C22H35NO. The van der Waals surface area contributed by atoms with Crippen LogP contribution in [0.4, 0.5) is 0 Å². The van der Waals surface area contributed by atoms with Gasteiger partial charge in [-0.25, -0.2) is 0 Å². The molecule has 0 amide bonds. The fourth-order valence-corrected chi connectivity index (χ4v) is 2.33. The van der Waals surface area contributed by atoms with Gasteiger partial charge in [0.05, 0.1) is 0 Å². The molecule has 0 spiro atoms. The summed E-state index contributed by atoms with van der Waals surface area (Å²) in [5.41, 5.74) is 0.866. The van der Waals surface area contributed by atoms with Crippen molar-refractivity contribution < 1.29 is 6.22 Å². The van der Waals surface area contributed by atoms with E-state index in [4.69, 9.17) is 0 Å². The van der Waals surface area contributed by atoms with E-state index >= 15 is 0 Å². The van der Waals surface area contributed by atoms with Gasteiger partial charge in [0, 0.05) is 31.5 Å². The molecular weight excluding hydrogens is 294 g/mol. The average molecular weight is 330 g/mol. The second-order valence-electron chi connectivity index (χ2n) is 5.41. The molecule has 2 rings (SSSR count). The van der Waals surface area contributed by atoms with Crippen LogP contribution in [0.5, 0.6) is 0 Å². The third-order valence-corrected chi connectivity index (χ3v) is 3.55. The first-order valence-corrected chi connectivity index (χ1v) is 9.15. The van der Waals surface area contributed by atoms with Crippen molar-refractivity contribution in [3.8, 4) is 0 Å². The highest BCUT2D eigenvalue weighted by Crippen LogP contribution is 2.15. The van der Waals surface area contributed by atoms with Gasteiger partial charge in [0.2, 0.25) is 0 Å². The summed E-state index contributed by atoms with van der Waals surface area (Å²) in [4.78, 5) is 16.4. The predicted octanol–water partition coefficient (Wildman–Crippen LogP) is 6.64. The van der Waals surface area contributed by atoms with E-state index in [9.17, 15) is 4.79 Å². The molecule has 0 saturated heterocycles. The monoisotopic (exact) mass is 329 g/mol. The number of hydrogen-bond donors (Lipinski definition) is 0. The van der Waals surface area contributed by atoms with E-state index in [0.29, 0.717) is 18.8 Å². The van der Waals surface area contributed by atoms with Crippen molar-refractivity contribution >= 4 is 16.6 Å². The Morgan fingerprint density at radius 2 is 1.83 bits per heavy atom. The van der Waals surface area contributed by atoms with E-state index in [1.807, 2.05) is 64.2 Å². The highest BCUT2D eigenvalue weighted by molar-refractivity contribution is 5.84. The molecule has 0 aliphatic carbocycles. The van der Waals surface area contributed by atoms with Gasteiger partial charge in [-0.05, 0) is 30.2 Å². The molecule has 134 valence electrons. The maximum absolute atomic E-state index is 12.0. The number of nitrogens with zero attached hydrogens (tertiary/aromatic N) is 1. The minimum absolute atomic E-state index is 0. The van der Waals surface area contributed by atoms with Gasteiger partial charge in [-0.2, -0.15) is 0 Å². The minimum Gasteiger partial charge on any atom is -0.299 e. The predicted molar refractivity (Wildman–Crippen MR) is 108 cm³/mol. The lowest BCUT2D eigenvalue weighted by atomic mass is 9.98. The highest BCUT2D eigenvalue weighted by Gasteiger charge is 2.08. The van der Waals surface area contributed by atoms with E-state index in [0.717, 1.165) is 29.3 Å². The molecule has 2 aromatic rings. The summed E-state index contributed by atoms with van der Waals surface area (Å²) in [6.07, 6.45) is 6.73. The fourth-order valence-electron chi connectivity index (χ4n) is 2.33. The normalized spacial score (nSPS) is 10.7. The zero-order valence-electron chi connectivity index (χ0n) is 16.0. The Balaban J connectivity index is 0. The zero-order valence-corrected chi connectivity index (χ0v) is 16.0. The van der Waals surface area contributed by atoms with Crippen LogP contribution in [0.2, 0.25) is 0 Å². The number of benzene rings is 1. The van der Waals surface area contributed by atoms with Crippen molar-refractivity contribution in [3.05, 3.63) is 54.9 Å². The summed E-state index contributed by atoms with van der Waals surface area (Å²) in [6.45, 7) is 13.9. The van der Waals surface area contributed by atoms with E-state index in [1.54, 1.807) is 0 Å². The van der Waals surface area contributed by atoms with Gasteiger partial charge in [-0.3, -0.25) is 9.78 Å². The summed E-state index contributed by atoms with van der Waals surface area (Å²) in [7, 11) is 0. The van der Waals surface area contributed by atoms with Crippen molar-refractivity contribution in [1.29, 1.82) is 0 Å². The summed E-state index contributed by atoms with van der Waals surface area (Å²) in [5.74, 6) is 0.796. The van der Waals surface area contributed by atoms with Crippen LogP contribution in [0.25, 0.3) is 10.8 Å². The van der Waals surface area contributed by atoms with Crippen LogP contribution in [0.3, 0.4) is 0 Å². The van der Waals surface area contributed by atoms with Crippen LogP contribution in [-0.2, 0) is 11.2 Å². The van der Waals surface area contributed by atoms with Crippen LogP contribution in [0.15, 0.2) is 49.2 Å². The van der Waals surface area contributed by atoms with Gasteiger partial charge in [0.15, 0.2) is 0 Å². The first-order valence-electron chi connectivity index (χ1n) is 9.15. The first-order chi connectivity index (χ1) is 11.7. The number of fused-ring (bicyclic) bond motifs is 1. The Hall–Kier alpha value is -1.96. The molecule has 0 unspecified atom stereocenters. The van der Waals surface area contributed by atoms with Crippen LogP contribution in [0.1, 0.15) is 61.0 Å². The first kappa shape index (κ1) is 22.0. The van der Waals surface area contributed by atoms with Gasteiger partial charge in [-0.1, -0.05) is 65.0 Å². The number of allylic oxidation sites excluding steroid dienone is 1. The van der Waals surface area contributed by atoms with E-state index in [2.05, 4.69) is 24.6 Å². The van der Waals surface area contributed by atoms with Crippen molar-refractivity contribution in [3.63, 3.8) is 0 Å². The molecule has 0 aliphatic rings. The van der Waals surface area contributed by atoms with Gasteiger partial charge in [-0.15, -0.1) is 6.58 Å². The molecule has 0 aliphatic heterocycles. The lowest BCUT2D eigenvalue weighted by Crippen LogP contribution is -2.06. The molecule has 1 atom stereocenters. The van der Waals surface area contributed by atoms with Crippen LogP contribution >= 0.6 is 0 Å². The average Bonchev–Trinajstić information content (AvgIpc) is 2.63.